The van der Waals surface area contributed by atoms with Crippen LogP contribution in [0.4, 0.5) is 11.4 Å². The monoisotopic (exact) mass is 343 g/mol. The van der Waals surface area contributed by atoms with Crippen LogP contribution < -0.4 is 10.6 Å². The fraction of sp³-hybridized carbons (Fsp3) is 0.235. The molecule has 0 aliphatic carbocycles. The summed E-state index contributed by atoms with van der Waals surface area (Å²) in [4.78, 5) is 2.15. The Labute approximate surface area is 134 Å². The third-order valence-electron chi connectivity index (χ3n) is 3.29. The van der Waals surface area contributed by atoms with Gasteiger partial charge < -0.3 is 10.6 Å². The Morgan fingerprint density at radius 1 is 1.24 bits per heavy atom. The number of hydrogen-bond donors (Lipinski definition) is 1. The van der Waals surface area contributed by atoms with Gasteiger partial charge in [0.05, 0.1) is 12.5 Å². The van der Waals surface area contributed by atoms with Crippen molar-refractivity contribution in [3.63, 3.8) is 0 Å². The summed E-state index contributed by atoms with van der Waals surface area (Å²) < 4.78 is 1.000. The molecular formula is C17H18BrN3. The molecule has 2 rings (SSSR count). The highest BCUT2D eigenvalue weighted by molar-refractivity contribution is 9.10. The van der Waals surface area contributed by atoms with Crippen LogP contribution >= 0.6 is 15.9 Å². The van der Waals surface area contributed by atoms with Crippen LogP contribution in [0.5, 0.6) is 0 Å². The van der Waals surface area contributed by atoms with Gasteiger partial charge in [-0.2, -0.15) is 5.26 Å². The highest BCUT2D eigenvalue weighted by Crippen LogP contribution is 2.33. The molecule has 2 N–H and O–H groups in total. The summed E-state index contributed by atoms with van der Waals surface area (Å²) in [7, 11) is 0. The molecule has 21 heavy (non-hydrogen) atoms. The molecule has 0 bridgehead atoms. The maximum atomic E-state index is 8.93. The summed E-state index contributed by atoms with van der Waals surface area (Å²) >= 11 is 3.52. The molecule has 0 amide bonds. The molecule has 0 aliphatic heterocycles. The van der Waals surface area contributed by atoms with Gasteiger partial charge in [0.2, 0.25) is 0 Å². The first-order chi connectivity index (χ1) is 10.1. The maximum Gasteiger partial charge on any atom is 0.0640 e. The topological polar surface area (TPSA) is 53.0 Å². The number of nitriles is 1. The number of nitrogens with two attached hydrogens (primary N) is 1. The number of halogens is 1. The fourth-order valence-corrected chi connectivity index (χ4v) is 2.64. The number of para-hydroxylation sites is 1. The summed E-state index contributed by atoms with van der Waals surface area (Å²) in [5.41, 5.74) is 9.28. The SMILES string of the molecule is CC(N)c1ccc(Br)cc1N(CCC#N)c1ccccc1. The van der Waals surface area contributed by atoms with Gasteiger partial charge >= 0.3 is 0 Å². The standard InChI is InChI=1S/C17H18BrN3/c1-13(20)16-9-8-14(18)12-17(16)21(11-5-10-19)15-6-3-2-4-7-15/h2-4,6-9,12-13H,5,11,20H2,1H3. The molecule has 3 nitrogen and oxygen atoms in total. The van der Waals surface area contributed by atoms with Crippen LogP contribution in [0.2, 0.25) is 0 Å². The molecule has 0 heterocycles. The zero-order valence-electron chi connectivity index (χ0n) is 12.0. The Bertz CT molecular complexity index is 632. The van der Waals surface area contributed by atoms with Crippen molar-refractivity contribution in [2.75, 3.05) is 11.4 Å². The number of benzene rings is 2. The summed E-state index contributed by atoms with van der Waals surface area (Å²) in [6, 6.07) is 18.3. The van der Waals surface area contributed by atoms with E-state index >= 15 is 0 Å². The molecule has 0 saturated carbocycles. The van der Waals surface area contributed by atoms with Crippen molar-refractivity contribution < 1.29 is 0 Å². The lowest BCUT2D eigenvalue weighted by Crippen LogP contribution is -2.21. The Kier molecular flexibility index (Phi) is 5.38. The van der Waals surface area contributed by atoms with Crippen LogP contribution in [0.3, 0.4) is 0 Å². The van der Waals surface area contributed by atoms with E-state index in [1.54, 1.807) is 0 Å². The number of hydrogen-bond acceptors (Lipinski definition) is 3. The first-order valence-electron chi connectivity index (χ1n) is 6.88. The van der Waals surface area contributed by atoms with Crippen molar-refractivity contribution in [2.45, 2.75) is 19.4 Å². The zero-order chi connectivity index (χ0) is 15.2. The summed E-state index contributed by atoms with van der Waals surface area (Å²) in [6.45, 7) is 2.61. The third kappa shape index (κ3) is 3.84. The molecule has 0 spiro atoms. The molecule has 0 saturated heterocycles. The van der Waals surface area contributed by atoms with E-state index in [-0.39, 0.29) is 6.04 Å². The van der Waals surface area contributed by atoms with Gasteiger partial charge in [0, 0.05) is 28.4 Å². The smallest absolute Gasteiger partial charge is 0.0640 e. The first-order valence-corrected chi connectivity index (χ1v) is 7.67. The van der Waals surface area contributed by atoms with Crippen LogP contribution in [0.25, 0.3) is 0 Å². The third-order valence-corrected chi connectivity index (χ3v) is 3.78. The van der Waals surface area contributed by atoms with Gasteiger partial charge in [-0.15, -0.1) is 0 Å². The predicted molar refractivity (Wildman–Crippen MR) is 90.4 cm³/mol. The molecule has 108 valence electrons. The van der Waals surface area contributed by atoms with Gasteiger partial charge in [-0.25, -0.2) is 0 Å². The van der Waals surface area contributed by atoms with Crippen molar-refractivity contribution in [3.8, 4) is 6.07 Å². The van der Waals surface area contributed by atoms with E-state index in [9.17, 15) is 0 Å². The lowest BCUT2D eigenvalue weighted by atomic mass is 10.0. The first kappa shape index (κ1) is 15.6. The van der Waals surface area contributed by atoms with Gasteiger partial charge in [-0.05, 0) is 36.8 Å². The average molecular weight is 344 g/mol. The minimum absolute atomic E-state index is 0.0682. The highest BCUT2D eigenvalue weighted by atomic mass is 79.9. The second-order valence-electron chi connectivity index (χ2n) is 4.89. The van der Waals surface area contributed by atoms with Crippen molar-refractivity contribution in [1.82, 2.24) is 0 Å². The van der Waals surface area contributed by atoms with Gasteiger partial charge in [-0.1, -0.05) is 40.2 Å². The fourth-order valence-electron chi connectivity index (χ4n) is 2.29. The zero-order valence-corrected chi connectivity index (χ0v) is 13.5. The molecule has 4 heteroatoms. The van der Waals surface area contributed by atoms with Crippen LogP contribution in [0.15, 0.2) is 53.0 Å². The van der Waals surface area contributed by atoms with E-state index in [1.165, 1.54) is 0 Å². The van der Waals surface area contributed by atoms with Crippen molar-refractivity contribution in [1.29, 1.82) is 5.26 Å². The minimum Gasteiger partial charge on any atom is -0.340 e. The van der Waals surface area contributed by atoms with Crippen LogP contribution in [0, 0.1) is 11.3 Å². The number of anilines is 2. The van der Waals surface area contributed by atoms with Gasteiger partial charge in [-0.3, -0.25) is 0 Å². The number of rotatable bonds is 5. The van der Waals surface area contributed by atoms with E-state index in [1.807, 2.05) is 49.4 Å². The lowest BCUT2D eigenvalue weighted by Gasteiger charge is -2.28. The van der Waals surface area contributed by atoms with Gasteiger partial charge in [0.1, 0.15) is 0 Å². The van der Waals surface area contributed by atoms with Crippen LogP contribution in [-0.4, -0.2) is 6.54 Å². The molecule has 1 unspecified atom stereocenters. The van der Waals surface area contributed by atoms with Gasteiger partial charge in [0.25, 0.3) is 0 Å². The molecular weight excluding hydrogens is 326 g/mol. The van der Waals surface area contributed by atoms with Crippen molar-refractivity contribution in [3.05, 3.63) is 58.6 Å². The average Bonchev–Trinajstić information content (AvgIpc) is 2.48. The Balaban J connectivity index is 2.51. The van der Waals surface area contributed by atoms with E-state index in [2.05, 4.69) is 33.0 Å². The van der Waals surface area contributed by atoms with Crippen LogP contribution in [0.1, 0.15) is 24.9 Å². The Morgan fingerprint density at radius 3 is 2.57 bits per heavy atom. The normalized spacial score (nSPS) is 11.7. The predicted octanol–water partition coefficient (Wildman–Crippen LogP) is 4.52. The largest absolute Gasteiger partial charge is 0.340 e. The molecule has 2 aromatic carbocycles. The highest BCUT2D eigenvalue weighted by Gasteiger charge is 2.15. The molecule has 0 aliphatic rings. The second kappa shape index (κ2) is 7.26. The molecule has 2 aromatic rings. The van der Waals surface area contributed by atoms with Crippen LogP contribution in [-0.2, 0) is 0 Å². The number of nitrogens with zero attached hydrogens (tertiary/aromatic N) is 2. The quantitative estimate of drug-likeness (QED) is 0.868. The maximum absolute atomic E-state index is 8.93. The van der Waals surface area contributed by atoms with E-state index in [0.717, 1.165) is 21.4 Å². The molecule has 0 radical (unpaired) electrons. The van der Waals surface area contributed by atoms with Crippen molar-refractivity contribution >= 4 is 27.3 Å². The van der Waals surface area contributed by atoms with E-state index in [4.69, 9.17) is 11.0 Å². The van der Waals surface area contributed by atoms with Crippen molar-refractivity contribution in [2.24, 2.45) is 5.73 Å². The molecule has 0 fully saturated rings. The second-order valence-corrected chi connectivity index (χ2v) is 5.80. The summed E-state index contributed by atoms with van der Waals surface area (Å²) in [6.07, 6.45) is 0.458. The summed E-state index contributed by atoms with van der Waals surface area (Å²) in [5.74, 6) is 0. The molecule has 1 atom stereocenters. The molecule has 0 aromatic heterocycles. The lowest BCUT2D eigenvalue weighted by molar-refractivity contribution is 0.807. The van der Waals surface area contributed by atoms with Gasteiger partial charge in [0.15, 0.2) is 0 Å². The summed E-state index contributed by atoms with van der Waals surface area (Å²) in [5, 5.41) is 8.93. The minimum atomic E-state index is -0.0682. The van der Waals surface area contributed by atoms with E-state index < -0.39 is 0 Å². The van der Waals surface area contributed by atoms with E-state index in [0.29, 0.717) is 13.0 Å². The Hall–Kier alpha value is -1.83. The Morgan fingerprint density at radius 2 is 1.95 bits per heavy atom.